The molecule has 0 saturated carbocycles. The van der Waals surface area contributed by atoms with Crippen molar-refractivity contribution in [1.29, 1.82) is 0 Å². The van der Waals surface area contributed by atoms with E-state index in [1.807, 2.05) is 13.0 Å². The van der Waals surface area contributed by atoms with Crippen molar-refractivity contribution in [3.05, 3.63) is 47.1 Å². The molecule has 8 heteroatoms. The van der Waals surface area contributed by atoms with Crippen LogP contribution in [0.25, 0.3) is 0 Å². The van der Waals surface area contributed by atoms with Crippen molar-refractivity contribution in [1.82, 2.24) is 10.1 Å². The molecular weight excluding hydrogens is 355 g/mol. The highest BCUT2D eigenvalue weighted by molar-refractivity contribution is 5.34. The van der Waals surface area contributed by atoms with Gasteiger partial charge in [-0.1, -0.05) is 11.2 Å². The molecule has 0 aliphatic carbocycles. The van der Waals surface area contributed by atoms with Crippen LogP contribution < -0.4 is 4.74 Å². The number of aromatic nitrogens is 1. The molecular formula is C19H25FN2O5. The molecule has 27 heavy (non-hydrogen) atoms. The molecule has 0 radical (unpaired) electrons. The van der Waals surface area contributed by atoms with Gasteiger partial charge in [-0.3, -0.25) is 9.69 Å². The van der Waals surface area contributed by atoms with E-state index < -0.39 is 0 Å². The third-order valence-corrected chi connectivity index (χ3v) is 4.54. The summed E-state index contributed by atoms with van der Waals surface area (Å²) in [4.78, 5) is 10.7. The monoisotopic (exact) mass is 380 g/mol. The quantitative estimate of drug-likeness (QED) is 0.771. The molecule has 1 saturated heterocycles. The number of likely N-dealkylation sites (tertiary alicyclic amines) is 1. The standard InChI is InChI=1S/C18H23FN2O3.CH2O2/c1-12-6-16(24-20-12)7-14-10-21(11-18(14)23-3)9-13-4-5-15(19)8-17(13)22-2;2-1-3/h4-6,8,14,18H,7,9-11H2,1-3H3;1H,(H,2,3)/t14-,18+;/m1./s1. The van der Waals surface area contributed by atoms with Crippen LogP contribution in [0.3, 0.4) is 0 Å². The highest BCUT2D eigenvalue weighted by Gasteiger charge is 2.34. The fourth-order valence-electron chi connectivity index (χ4n) is 3.38. The molecule has 1 N–H and O–H groups in total. The van der Waals surface area contributed by atoms with E-state index in [2.05, 4.69) is 10.1 Å². The van der Waals surface area contributed by atoms with E-state index >= 15 is 0 Å². The number of halogens is 1. The lowest BCUT2D eigenvalue weighted by molar-refractivity contribution is -0.122. The summed E-state index contributed by atoms with van der Waals surface area (Å²) in [5.41, 5.74) is 1.87. The minimum atomic E-state index is -0.287. The Balaban J connectivity index is 0.000000817. The summed E-state index contributed by atoms with van der Waals surface area (Å²) in [5.74, 6) is 1.53. The summed E-state index contributed by atoms with van der Waals surface area (Å²) in [7, 11) is 3.31. The fourth-order valence-corrected chi connectivity index (χ4v) is 3.38. The second-order valence-electron chi connectivity index (χ2n) is 6.43. The molecule has 1 fully saturated rings. The molecule has 0 amide bonds. The van der Waals surface area contributed by atoms with E-state index in [1.165, 1.54) is 12.1 Å². The number of carbonyl (C=O) groups is 1. The van der Waals surface area contributed by atoms with Crippen LogP contribution in [0.2, 0.25) is 0 Å². The topological polar surface area (TPSA) is 85.0 Å². The first kappa shape index (κ1) is 20.9. The van der Waals surface area contributed by atoms with Crippen molar-refractivity contribution >= 4 is 6.47 Å². The summed E-state index contributed by atoms with van der Waals surface area (Å²) in [6.45, 7) is 4.09. The minimum Gasteiger partial charge on any atom is -0.496 e. The number of methoxy groups -OCH3 is 2. The maximum absolute atomic E-state index is 13.3. The van der Waals surface area contributed by atoms with Crippen LogP contribution in [-0.2, 0) is 22.5 Å². The Morgan fingerprint density at radius 2 is 2.11 bits per heavy atom. The number of carboxylic acid groups (broad SMARTS) is 1. The third-order valence-electron chi connectivity index (χ3n) is 4.54. The van der Waals surface area contributed by atoms with Gasteiger partial charge in [0.1, 0.15) is 17.3 Å². The van der Waals surface area contributed by atoms with Gasteiger partial charge in [-0.15, -0.1) is 0 Å². The second-order valence-corrected chi connectivity index (χ2v) is 6.43. The molecule has 0 spiro atoms. The van der Waals surface area contributed by atoms with Gasteiger partial charge in [0.2, 0.25) is 0 Å². The van der Waals surface area contributed by atoms with Gasteiger partial charge in [0.05, 0.1) is 18.9 Å². The number of nitrogens with zero attached hydrogens (tertiary/aromatic N) is 2. The van der Waals surface area contributed by atoms with Gasteiger partial charge in [0, 0.05) is 56.8 Å². The van der Waals surface area contributed by atoms with Crippen molar-refractivity contribution in [3.63, 3.8) is 0 Å². The van der Waals surface area contributed by atoms with Gasteiger partial charge >= 0.3 is 0 Å². The molecule has 2 atom stereocenters. The summed E-state index contributed by atoms with van der Waals surface area (Å²) in [6, 6.07) is 6.64. The van der Waals surface area contributed by atoms with Crippen molar-refractivity contribution in [2.75, 3.05) is 27.3 Å². The first-order valence-corrected chi connectivity index (χ1v) is 8.58. The van der Waals surface area contributed by atoms with Crippen LogP contribution in [0.15, 0.2) is 28.8 Å². The van der Waals surface area contributed by atoms with Crippen LogP contribution in [0.4, 0.5) is 4.39 Å². The summed E-state index contributed by atoms with van der Waals surface area (Å²) < 4.78 is 29.6. The SMILES string of the molecule is COc1cc(F)ccc1CN1C[C@@H](Cc2cc(C)no2)[C@@H](OC)C1.O=CO. The molecule has 0 unspecified atom stereocenters. The lowest BCUT2D eigenvalue weighted by Gasteiger charge is -2.17. The highest BCUT2D eigenvalue weighted by Crippen LogP contribution is 2.28. The Morgan fingerprint density at radius 3 is 2.70 bits per heavy atom. The van der Waals surface area contributed by atoms with Crippen LogP contribution in [-0.4, -0.2) is 55.0 Å². The normalized spacial score (nSPS) is 19.4. The molecule has 0 bridgehead atoms. The van der Waals surface area contributed by atoms with Gasteiger partial charge in [-0.2, -0.15) is 0 Å². The minimum absolute atomic E-state index is 0.141. The van der Waals surface area contributed by atoms with Crippen molar-refractivity contribution < 1.29 is 28.3 Å². The predicted molar refractivity (Wildman–Crippen MR) is 96.2 cm³/mol. The smallest absolute Gasteiger partial charge is 0.290 e. The fraction of sp³-hybridized carbons (Fsp3) is 0.474. The molecule has 1 aliphatic heterocycles. The zero-order valence-electron chi connectivity index (χ0n) is 15.7. The van der Waals surface area contributed by atoms with Crippen molar-refractivity contribution in [2.24, 2.45) is 5.92 Å². The van der Waals surface area contributed by atoms with Crippen LogP contribution in [0.1, 0.15) is 17.0 Å². The first-order chi connectivity index (χ1) is 13.0. The highest BCUT2D eigenvalue weighted by atomic mass is 19.1. The molecule has 1 aromatic heterocycles. The zero-order chi connectivity index (χ0) is 19.8. The van der Waals surface area contributed by atoms with Gasteiger partial charge in [-0.05, 0) is 13.0 Å². The van der Waals surface area contributed by atoms with Gasteiger partial charge in [0.25, 0.3) is 6.47 Å². The maximum Gasteiger partial charge on any atom is 0.290 e. The Hall–Kier alpha value is -2.45. The van der Waals surface area contributed by atoms with E-state index in [0.29, 0.717) is 18.2 Å². The summed E-state index contributed by atoms with van der Waals surface area (Å²) in [6.07, 6.45) is 0.943. The number of rotatable bonds is 6. The maximum atomic E-state index is 13.3. The van der Waals surface area contributed by atoms with Gasteiger partial charge < -0.3 is 19.1 Å². The molecule has 148 valence electrons. The largest absolute Gasteiger partial charge is 0.496 e. The van der Waals surface area contributed by atoms with Crippen molar-refractivity contribution in [3.8, 4) is 5.75 Å². The predicted octanol–water partition coefficient (Wildman–Crippen LogP) is 2.52. The lowest BCUT2D eigenvalue weighted by Crippen LogP contribution is -2.23. The molecule has 1 aliphatic rings. The van der Waals surface area contributed by atoms with E-state index in [-0.39, 0.29) is 18.4 Å². The Morgan fingerprint density at radius 1 is 1.37 bits per heavy atom. The number of hydrogen-bond acceptors (Lipinski definition) is 6. The molecule has 1 aromatic carbocycles. The summed E-state index contributed by atoms with van der Waals surface area (Å²) in [5, 5.41) is 10.8. The van der Waals surface area contributed by atoms with Crippen LogP contribution in [0, 0.1) is 18.7 Å². The third kappa shape index (κ3) is 5.77. The number of aryl methyl sites for hydroxylation is 1. The van der Waals surface area contributed by atoms with E-state index in [4.69, 9.17) is 23.9 Å². The Bertz CT molecular complexity index is 737. The molecule has 3 rings (SSSR count). The Labute approximate surface area is 157 Å². The average molecular weight is 380 g/mol. The van der Waals surface area contributed by atoms with E-state index in [9.17, 15) is 4.39 Å². The van der Waals surface area contributed by atoms with Crippen LogP contribution in [0.5, 0.6) is 5.75 Å². The van der Waals surface area contributed by atoms with E-state index in [0.717, 1.165) is 36.5 Å². The lowest BCUT2D eigenvalue weighted by atomic mass is 10.0. The second kappa shape index (κ2) is 10.0. The zero-order valence-corrected chi connectivity index (χ0v) is 15.7. The number of benzene rings is 1. The average Bonchev–Trinajstić information content (AvgIpc) is 3.23. The summed E-state index contributed by atoms with van der Waals surface area (Å²) >= 11 is 0. The molecule has 7 nitrogen and oxygen atoms in total. The van der Waals surface area contributed by atoms with Gasteiger partial charge in [0.15, 0.2) is 0 Å². The van der Waals surface area contributed by atoms with Crippen LogP contribution >= 0.6 is 0 Å². The Kier molecular flexibility index (Phi) is 7.75. The number of hydrogen-bond donors (Lipinski definition) is 1. The van der Waals surface area contributed by atoms with E-state index in [1.54, 1.807) is 20.3 Å². The molecule has 2 aromatic rings. The molecule has 2 heterocycles. The number of ether oxygens (including phenoxy) is 2. The first-order valence-electron chi connectivity index (χ1n) is 8.58. The van der Waals surface area contributed by atoms with Crippen molar-refractivity contribution in [2.45, 2.75) is 26.0 Å². The van der Waals surface area contributed by atoms with Gasteiger partial charge in [-0.25, -0.2) is 4.39 Å².